The number of fused-ring (bicyclic) bond motifs is 2. The fraction of sp³-hybridized carbons (Fsp3) is 0.435. The molecule has 0 bridgehead atoms. The minimum absolute atomic E-state index is 0.0214. The number of nitrogens with zero attached hydrogens (tertiary/aromatic N) is 6. The molecule has 2 saturated heterocycles. The first-order valence-electron chi connectivity index (χ1n) is 10.9. The third-order valence-electron chi connectivity index (χ3n) is 6.52. The summed E-state index contributed by atoms with van der Waals surface area (Å²) in [5.74, 6) is 1.28. The standard InChI is InChI=1S/C23H26N6O2/c1-16(30)18-8-9-21(24-13-18)27-10-11-28-20(14-27)12-17(23(28)31)4-2-5-19-6-3-7-22-25-15-26-29(19)22/h3,6-9,13,15,17,20H,2,4-5,10-12,14H2,1H3/t17-,20-/m0/s1. The van der Waals surface area contributed by atoms with Crippen molar-refractivity contribution in [3.05, 3.63) is 54.1 Å². The monoisotopic (exact) mass is 418 g/mol. The molecule has 0 saturated carbocycles. The number of carbonyl (C=O) groups excluding carboxylic acids is 2. The van der Waals surface area contributed by atoms with Crippen LogP contribution in [0.1, 0.15) is 42.2 Å². The summed E-state index contributed by atoms with van der Waals surface area (Å²) in [6.45, 7) is 3.85. The van der Waals surface area contributed by atoms with Crippen molar-refractivity contribution in [3.8, 4) is 0 Å². The highest BCUT2D eigenvalue weighted by molar-refractivity contribution is 5.93. The van der Waals surface area contributed by atoms with Crippen molar-refractivity contribution < 1.29 is 9.59 Å². The van der Waals surface area contributed by atoms with Gasteiger partial charge < -0.3 is 9.80 Å². The number of rotatable bonds is 6. The third kappa shape index (κ3) is 3.78. The maximum Gasteiger partial charge on any atom is 0.226 e. The second-order valence-electron chi connectivity index (χ2n) is 8.46. The van der Waals surface area contributed by atoms with Crippen LogP contribution in [0.5, 0.6) is 0 Å². The Hall–Kier alpha value is -3.29. The van der Waals surface area contributed by atoms with Crippen LogP contribution >= 0.6 is 0 Å². The Morgan fingerprint density at radius 3 is 2.87 bits per heavy atom. The zero-order chi connectivity index (χ0) is 21.4. The lowest BCUT2D eigenvalue weighted by molar-refractivity contribution is -0.132. The molecule has 8 heteroatoms. The fourth-order valence-corrected chi connectivity index (χ4v) is 4.86. The van der Waals surface area contributed by atoms with Gasteiger partial charge >= 0.3 is 0 Å². The molecule has 160 valence electrons. The van der Waals surface area contributed by atoms with E-state index in [4.69, 9.17) is 0 Å². The van der Waals surface area contributed by atoms with E-state index in [9.17, 15) is 9.59 Å². The lowest BCUT2D eigenvalue weighted by atomic mass is 9.97. The van der Waals surface area contributed by atoms with E-state index in [-0.39, 0.29) is 17.7 Å². The van der Waals surface area contributed by atoms with E-state index in [0.29, 0.717) is 11.5 Å². The topological polar surface area (TPSA) is 83.7 Å². The van der Waals surface area contributed by atoms with Crippen LogP contribution in [0.4, 0.5) is 5.82 Å². The average molecular weight is 419 g/mol. The molecule has 3 aromatic rings. The first-order valence-corrected chi connectivity index (χ1v) is 10.9. The van der Waals surface area contributed by atoms with E-state index >= 15 is 0 Å². The molecule has 0 aliphatic carbocycles. The van der Waals surface area contributed by atoms with Gasteiger partial charge in [0, 0.05) is 43.0 Å². The van der Waals surface area contributed by atoms with Crippen molar-refractivity contribution in [2.24, 2.45) is 5.92 Å². The van der Waals surface area contributed by atoms with Crippen LogP contribution in [0, 0.1) is 5.92 Å². The van der Waals surface area contributed by atoms with Crippen LogP contribution in [-0.4, -0.2) is 61.8 Å². The molecule has 0 unspecified atom stereocenters. The van der Waals surface area contributed by atoms with Gasteiger partial charge in [0.25, 0.3) is 0 Å². The molecule has 0 aromatic carbocycles. The lowest BCUT2D eigenvalue weighted by Gasteiger charge is -2.38. The quantitative estimate of drug-likeness (QED) is 0.572. The predicted molar refractivity (Wildman–Crippen MR) is 116 cm³/mol. The normalized spacial score (nSPS) is 21.0. The maximum absolute atomic E-state index is 12.9. The SMILES string of the molecule is CC(=O)c1ccc(N2CCN3C(=O)[C@@H](CCCc4cccc5ncnn45)C[C@H]3C2)nc1. The molecular formula is C23H26N6O2. The van der Waals surface area contributed by atoms with Crippen LogP contribution in [0.25, 0.3) is 5.65 Å². The van der Waals surface area contributed by atoms with E-state index in [1.165, 1.54) is 0 Å². The molecule has 2 aliphatic heterocycles. The van der Waals surface area contributed by atoms with Gasteiger partial charge in [0.2, 0.25) is 5.91 Å². The van der Waals surface area contributed by atoms with Crippen molar-refractivity contribution in [2.45, 2.75) is 38.6 Å². The zero-order valence-corrected chi connectivity index (χ0v) is 17.6. The van der Waals surface area contributed by atoms with Gasteiger partial charge in [-0.25, -0.2) is 14.5 Å². The number of aromatic nitrogens is 4. The molecule has 1 amide bonds. The van der Waals surface area contributed by atoms with Crippen LogP contribution < -0.4 is 4.90 Å². The summed E-state index contributed by atoms with van der Waals surface area (Å²) >= 11 is 0. The number of carbonyl (C=O) groups is 2. The maximum atomic E-state index is 12.9. The molecule has 3 aromatic heterocycles. The van der Waals surface area contributed by atoms with Crippen LogP contribution in [0.2, 0.25) is 0 Å². The predicted octanol–water partition coefficient (Wildman–Crippen LogP) is 2.39. The molecule has 0 radical (unpaired) electrons. The summed E-state index contributed by atoms with van der Waals surface area (Å²) in [6, 6.07) is 10.00. The summed E-state index contributed by atoms with van der Waals surface area (Å²) in [4.78, 5) is 37.4. The van der Waals surface area contributed by atoms with Gasteiger partial charge in [0.15, 0.2) is 11.4 Å². The molecule has 2 atom stereocenters. The van der Waals surface area contributed by atoms with Crippen molar-refractivity contribution in [1.82, 2.24) is 24.5 Å². The summed E-state index contributed by atoms with van der Waals surface area (Å²) in [5.41, 5.74) is 2.61. The average Bonchev–Trinajstić information content (AvgIpc) is 3.39. The van der Waals surface area contributed by atoms with Crippen molar-refractivity contribution in [3.63, 3.8) is 0 Å². The molecule has 31 heavy (non-hydrogen) atoms. The van der Waals surface area contributed by atoms with Crippen molar-refractivity contribution in [2.75, 3.05) is 24.5 Å². The van der Waals surface area contributed by atoms with E-state index in [0.717, 1.165) is 62.5 Å². The number of amides is 1. The van der Waals surface area contributed by atoms with E-state index in [1.54, 1.807) is 19.4 Å². The number of pyridine rings is 2. The Kier molecular flexibility index (Phi) is 5.13. The highest BCUT2D eigenvalue weighted by Crippen LogP contribution is 2.32. The van der Waals surface area contributed by atoms with Crippen LogP contribution in [0.15, 0.2) is 42.9 Å². The van der Waals surface area contributed by atoms with Crippen LogP contribution in [0.3, 0.4) is 0 Å². The summed E-state index contributed by atoms with van der Waals surface area (Å²) in [6.07, 6.45) is 6.84. The minimum atomic E-state index is 0.0214. The molecular weight excluding hydrogens is 392 g/mol. The molecule has 8 nitrogen and oxygen atoms in total. The fourth-order valence-electron chi connectivity index (χ4n) is 4.86. The van der Waals surface area contributed by atoms with E-state index in [1.807, 2.05) is 28.8 Å². The van der Waals surface area contributed by atoms with Gasteiger partial charge in [-0.1, -0.05) is 6.07 Å². The first kappa shape index (κ1) is 19.7. The van der Waals surface area contributed by atoms with Gasteiger partial charge in [-0.2, -0.15) is 5.10 Å². The smallest absolute Gasteiger partial charge is 0.226 e. The Bertz CT molecular complexity index is 1110. The van der Waals surface area contributed by atoms with Crippen molar-refractivity contribution >= 4 is 23.2 Å². The number of hydrogen-bond acceptors (Lipinski definition) is 6. The number of hydrogen-bond donors (Lipinski definition) is 0. The van der Waals surface area contributed by atoms with Gasteiger partial charge in [-0.3, -0.25) is 9.59 Å². The second kappa shape index (κ2) is 8.09. The highest BCUT2D eigenvalue weighted by atomic mass is 16.2. The number of aryl methyl sites for hydroxylation is 1. The highest BCUT2D eigenvalue weighted by Gasteiger charge is 2.42. The lowest BCUT2D eigenvalue weighted by Crippen LogP contribution is -2.51. The molecule has 0 spiro atoms. The van der Waals surface area contributed by atoms with Crippen molar-refractivity contribution in [1.29, 1.82) is 0 Å². The Morgan fingerprint density at radius 1 is 1.16 bits per heavy atom. The second-order valence-corrected chi connectivity index (χ2v) is 8.46. The zero-order valence-electron chi connectivity index (χ0n) is 17.6. The molecule has 0 N–H and O–H groups in total. The summed E-state index contributed by atoms with van der Waals surface area (Å²) in [5, 5.41) is 4.30. The number of ketones is 1. The Morgan fingerprint density at radius 2 is 2.06 bits per heavy atom. The largest absolute Gasteiger partial charge is 0.353 e. The summed E-state index contributed by atoms with van der Waals surface area (Å²) < 4.78 is 1.88. The molecule has 2 aliphatic rings. The number of piperazine rings is 1. The van der Waals surface area contributed by atoms with Gasteiger partial charge in [-0.05, 0) is 56.9 Å². The van der Waals surface area contributed by atoms with Crippen LogP contribution in [-0.2, 0) is 11.2 Å². The van der Waals surface area contributed by atoms with Gasteiger partial charge in [0.05, 0.1) is 6.04 Å². The molecule has 2 fully saturated rings. The Balaban J connectivity index is 1.19. The molecule has 5 heterocycles. The molecule has 5 rings (SSSR count). The van der Waals surface area contributed by atoms with Gasteiger partial charge in [0.1, 0.15) is 12.1 Å². The Labute approximate surface area is 180 Å². The van der Waals surface area contributed by atoms with E-state index < -0.39 is 0 Å². The number of Topliss-reactive ketones (excluding diaryl/α,β-unsaturated/α-hetero) is 1. The van der Waals surface area contributed by atoms with Gasteiger partial charge in [-0.15, -0.1) is 0 Å². The number of anilines is 1. The first-order chi connectivity index (χ1) is 15.1. The third-order valence-corrected chi connectivity index (χ3v) is 6.52. The summed E-state index contributed by atoms with van der Waals surface area (Å²) in [7, 11) is 0. The van der Waals surface area contributed by atoms with E-state index in [2.05, 4.69) is 30.9 Å². The minimum Gasteiger partial charge on any atom is -0.353 e.